The molecular formula is C27H33N3O8. The number of nitrogens with zero attached hydrogens (tertiary/aromatic N) is 1. The van der Waals surface area contributed by atoms with E-state index in [1.807, 2.05) is 0 Å². The second kappa shape index (κ2) is 16.3. The van der Waals surface area contributed by atoms with Gasteiger partial charge in [0.15, 0.2) is 0 Å². The number of carboxylic acids is 1. The Morgan fingerprint density at radius 3 is 2.05 bits per heavy atom. The van der Waals surface area contributed by atoms with Gasteiger partial charge >= 0.3 is 11.9 Å². The van der Waals surface area contributed by atoms with Crippen molar-refractivity contribution in [1.29, 1.82) is 5.41 Å². The van der Waals surface area contributed by atoms with E-state index in [2.05, 4.69) is 0 Å². The number of esters is 2. The van der Waals surface area contributed by atoms with Crippen molar-refractivity contribution in [2.45, 2.75) is 20.8 Å². The van der Waals surface area contributed by atoms with Crippen LogP contribution in [0.15, 0.2) is 54.1 Å². The number of hydrogen-bond donors (Lipinski definition) is 3. The topological polar surface area (TPSA) is 169 Å². The van der Waals surface area contributed by atoms with Gasteiger partial charge in [-0.1, -0.05) is 12.1 Å². The van der Waals surface area contributed by atoms with Gasteiger partial charge in [0.05, 0.1) is 18.8 Å². The largest absolute Gasteiger partial charge is 0.481 e. The highest BCUT2D eigenvalue weighted by molar-refractivity contribution is 5.99. The highest BCUT2D eigenvalue weighted by Crippen LogP contribution is 2.16. The summed E-state index contributed by atoms with van der Waals surface area (Å²) in [6, 6.07) is 12.9. The fourth-order valence-corrected chi connectivity index (χ4v) is 2.96. The molecule has 11 heteroatoms. The number of benzene rings is 2. The number of nitrogens with one attached hydrogen (secondary N) is 1. The summed E-state index contributed by atoms with van der Waals surface area (Å²) in [6.45, 7) is 5.04. The molecule has 0 unspecified atom stereocenters. The molecule has 0 aromatic heterocycles. The van der Waals surface area contributed by atoms with E-state index in [0.29, 0.717) is 28.0 Å². The minimum Gasteiger partial charge on any atom is -0.481 e. The van der Waals surface area contributed by atoms with Gasteiger partial charge in [-0.2, -0.15) is 0 Å². The van der Waals surface area contributed by atoms with E-state index in [1.165, 1.54) is 12.0 Å². The number of carbonyl (C=O) groups is 4. The Bertz CT molecular complexity index is 1140. The fraction of sp³-hybridized carbons (Fsp3) is 0.296. The summed E-state index contributed by atoms with van der Waals surface area (Å²) in [5.74, 6) is -1.92. The predicted octanol–water partition coefficient (Wildman–Crippen LogP) is 2.72. The SMILES string of the molecule is CC(=O)O.CCOC(=O)CN(CCOC)C(=O)C(C)=Cc1ccc(C(=O)Oc2ccc(C(=N)N)cc2)cc1. The average molecular weight is 528 g/mol. The summed E-state index contributed by atoms with van der Waals surface area (Å²) in [7, 11) is 1.52. The third kappa shape index (κ3) is 11.5. The standard InChI is InChI=1S/C25H29N3O6.C2H4O2/c1-4-33-22(29)16-28(13-14-32-3)24(30)17(2)15-18-5-7-20(8-6-18)25(31)34-21-11-9-19(10-12-21)23(26)27;1-2(3)4/h5-12,15H,4,13-14,16H2,1-3H3,(H3,26,27);1H3,(H,3,4). The van der Waals surface area contributed by atoms with Gasteiger partial charge in [0.1, 0.15) is 18.1 Å². The van der Waals surface area contributed by atoms with Crippen LogP contribution in [0.1, 0.15) is 42.3 Å². The van der Waals surface area contributed by atoms with Crippen molar-refractivity contribution in [2.24, 2.45) is 5.73 Å². The van der Waals surface area contributed by atoms with Gasteiger partial charge in [-0.05, 0) is 61.9 Å². The average Bonchev–Trinajstić information content (AvgIpc) is 2.86. The molecule has 38 heavy (non-hydrogen) atoms. The summed E-state index contributed by atoms with van der Waals surface area (Å²) >= 11 is 0. The Hall–Kier alpha value is -4.51. The molecule has 0 atom stereocenters. The second-order valence-corrected chi connectivity index (χ2v) is 7.82. The minimum absolute atomic E-state index is 0.0713. The Balaban J connectivity index is 0.00000168. The molecule has 0 aliphatic carbocycles. The molecule has 0 radical (unpaired) electrons. The number of amidine groups is 1. The van der Waals surface area contributed by atoms with Crippen LogP contribution in [0.3, 0.4) is 0 Å². The molecule has 0 heterocycles. The van der Waals surface area contributed by atoms with Crippen LogP contribution >= 0.6 is 0 Å². The van der Waals surface area contributed by atoms with E-state index < -0.39 is 17.9 Å². The maximum Gasteiger partial charge on any atom is 0.343 e. The first-order chi connectivity index (χ1) is 18.0. The van der Waals surface area contributed by atoms with Crippen LogP contribution < -0.4 is 10.5 Å². The lowest BCUT2D eigenvalue weighted by Gasteiger charge is -2.21. The maximum atomic E-state index is 12.8. The number of amides is 1. The van der Waals surface area contributed by atoms with Crippen LogP contribution in [0.2, 0.25) is 0 Å². The molecule has 1 amide bonds. The number of aliphatic carboxylic acids is 1. The van der Waals surface area contributed by atoms with Crippen molar-refractivity contribution in [3.8, 4) is 5.75 Å². The lowest BCUT2D eigenvalue weighted by Crippen LogP contribution is -2.39. The first-order valence-electron chi connectivity index (χ1n) is 11.6. The molecule has 4 N–H and O–H groups in total. The molecule has 0 bridgehead atoms. The Morgan fingerprint density at radius 1 is 1.00 bits per heavy atom. The summed E-state index contributed by atoms with van der Waals surface area (Å²) in [5, 5.41) is 14.8. The van der Waals surface area contributed by atoms with E-state index in [0.717, 1.165) is 6.92 Å². The lowest BCUT2D eigenvalue weighted by atomic mass is 10.1. The van der Waals surface area contributed by atoms with Gasteiger partial charge in [-0.3, -0.25) is 19.8 Å². The molecule has 204 valence electrons. The van der Waals surface area contributed by atoms with E-state index in [9.17, 15) is 14.4 Å². The second-order valence-electron chi connectivity index (χ2n) is 7.82. The maximum absolute atomic E-state index is 12.8. The van der Waals surface area contributed by atoms with Gasteiger partial charge < -0.3 is 30.0 Å². The minimum atomic E-state index is -0.833. The third-order valence-electron chi connectivity index (χ3n) is 4.72. The van der Waals surface area contributed by atoms with Crippen LogP contribution in [-0.2, 0) is 23.9 Å². The number of nitrogens with two attached hydrogens (primary N) is 1. The quantitative estimate of drug-likeness (QED) is 0.131. The van der Waals surface area contributed by atoms with Crippen LogP contribution in [0.4, 0.5) is 0 Å². The molecule has 0 spiro atoms. The summed E-state index contributed by atoms with van der Waals surface area (Å²) in [6.07, 6.45) is 1.67. The van der Waals surface area contributed by atoms with Crippen molar-refractivity contribution < 1.29 is 38.5 Å². The van der Waals surface area contributed by atoms with Crippen molar-refractivity contribution in [3.63, 3.8) is 0 Å². The predicted molar refractivity (Wildman–Crippen MR) is 141 cm³/mol. The van der Waals surface area contributed by atoms with Crippen molar-refractivity contribution in [3.05, 3.63) is 70.8 Å². The highest BCUT2D eigenvalue weighted by atomic mass is 16.5. The van der Waals surface area contributed by atoms with Crippen LogP contribution in [0.25, 0.3) is 6.08 Å². The number of hydrogen-bond acceptors (Lipinski definition) is 8. The highest BCUT2D eigenvalue weighted by Gasteiger charge is 2.19. The Labute approximate surface area is 221 Å². The molecule has 0 saturated heterocycles. The van der Waals surface area contributed by atoms with Crippen molar-refractivity contribution in [1.82, 2.24) is 4.90 Å². The molecule has 11 nitrogen and oxygen atoms in total. The fourth-order valence-electron chi connectivity index (χ4n) is 2.96. The third-order valence-corrected chi connectivity index (χ3v) is 4.72. The summed E-state index contributed by atoms with van der Waals surface area (Å²) in [4.78, 5) is 47.5. The molecule has 2 aromatic rings. The molecule has 0 saturated carbocycles. The zero-order valence-corrected chi connectivity index (χ0v) is 21.9. The normalized spacial score (nSPS) is 10.5. The number of ether oxygens (including phenoxy) is 3. The Morgan fingerprint density at radius 2 is 1.55 bits per heavy atom. The number of carbonyl (C=O) groups excluding carboxylic acids is 3. The molecule has 0 fully saturated rings. The zero-order chi connectivity index (χ0) is 28.7. The molecule has 2 aromatic carbocycles. The van der Waals surface area contributed by atoms with Gasteiger partial charge in [0, 0.05) is 31.7 Å². The van der Waals surface area contributed by atoms with Crippen LogP contribution in [-0.4, -0.2) is 73.1 Å². The molecular weight excluding hydrogens is 494 g/mol. The lowest BCUT2D eigenvalue weighted by molar-refractivity contribution is -0.148. The van der Waals surface area contributed by atoms with E-state index in [1.54, 1.807) is 68.5 Å². The molecule has 0 aliphatic rings. The van der Waals surface area contributed by atoms with Crippen molar-refractivity contribution >= 4 is 35.7 Å². The zero-order valence-electron chi connectivity index (χ0n) is 21.9. The van der Waals surface area contributed by atoms with Crippen molar-refractivity contribution in [2.75, 3.05) is 33.4 Å². The number of carboxylic acid groups (broad SMARTS) is 1. The van der Waals surface area contributed by atoms with Crippen LogP contribution in [0.5, 0.6) is 5.75 Å². The van der Waals surface area contributed by atoms with E-state index in [-0.39, 0.29) is 38.0 Å². The molecule has 0 aliphatic heterocycles. The molecule has 2 rings (SSSR count). The van der Waals surface area contributed by atoms with E-state index in [4.69, 9.17) is 35.3 Å². The summed E-state index contributed by atoms with van der Waals surface area (Å²) in [5.41, 5.74) is 7.40. The number of nitrogen functional groups attached to an aromatic ring is 1. The first-order valence-corrected chi connectivity index (χ1v) is 11.6. The first kappa shape index (κ1) is 31.5. The van der Waals surface area contributed by atoms with Gasteiger partial charge in [0.25, 0.3) is 5.97 Å². The van der Waals surface area contributed by atoms with Gasteiger partial charge in [-0.25, -0.2) is 4.79 Å². The Kier molecular flexibility index (Phi) is 13.5. The smallest absolute Gasteiger partial charge is 0.343 e. The number of methoxy groups -OCH3 is 1. The monoisotopic (exact) mass is 527 g/mol. The van der Waals surface area contributed by atoms with Gasteiger partial charge in [-0.15, -0.1) is 0 Å². The summed E-state index contributed by atoms with van der Waals surface area (Å²) < 4.78 is 15.3. The van der Waals surface area contributed by atoms with Gasteiger partial charge in [0.2, 0.25) is 5.91 Å². The number of rotatable bonds is 11. The van der Waals surface area contributed by atoms with Crippen LogP contribution in [0, 0.1) is 5.41 Å². The van der Waals surface area contributed by atoms with E-state index >= 15 is 0 Å².